The first-order valence-electron chi connectivity index (χ1n) is 13.2. The average Bonchev–Trinajstić information content (AvgIpc) is 2.89. The van der Waals surface area contributed by atoms with Gasteiger partial charge in [-0.05, 0) is 20.8 Å². The molecular weight excluding hydrogens is 658 g/mol. The van der Waals surface area contributed by atoms with Gasteiger partial charge in [0.2, 0.25) is 5.91 Å². The average molecular weight is 700 g/mol. The molecule has 0 saturated carbocycles. The molecule has 0 spiro atoms. The summed E-state index contributed by atoms with van der Waals surface area (Å²) in [6, 6.07) is -1.15. The molecule has 20 nitrogen and oxygen atoms in total. The van der Waals surface area contributed by atoms with E-state index in [-0.39, 0.29) is 6.61 Å². The van der Waals surface area contributed by atoms with E-state index in [2.05, 4.69) is 9.50 Å². The number of aliphatic hydroxyl groups is 3. The summed E-state index contributed by atoms with van der Waals surface area (Å²) in [4.78, 5) is 24.6. The van der Waals surface area contributed by atoms with E-state index in [4.69, 9.17) is 27.9 Å². The van der Waals surface area contributed by atoms with E-state index in [1.54, 1.807) is 0 Å². The predicted molar refractivity (Wildman–Crippen MR) is 145 cm³/mol. The Morgan fingerprint density at radius 2 is 1.51 bits per heavy atom. The van der Waals surface area contributed by atoms with Crippen molar-refractivity contribution in [2.24, 2.45) is 5.92 Å². The van der Waals surface area contributed by atoms with Crippen LogP contribution in [0.4, 0.5) is 0 Å². The molecule has 0 aromatic rings. The van der Waals surface area contributed by atoms with Gasteiger partial charge >= 0.3 is 26.8 Å². The van der Waals surface area contributed by atoms with Crippen molar-refractivity contribution in [3.05, 3.63) is 0 Å². The van der Waals surface area contributed by atoms with Gasteiger partial charge in [-0.25, -0.2) is 13.2 Å². The fourth-order valence-electron chi connectivity index (χ4n) is 5.76. The quantitative estimate of drug-likeness (QED) is 0.0822. The van der Waals surface area contributed by atoms with E-state index in [0.717, 1.165) is 27.9 Å². The molecular formula is C23H41NO19S2. The number of carboxylic acid groups (broad SMARTS) is 1. The van der Waals surface area contributed by atoms with Gasteiger partial charge < -0.3 is 49.4 Å². The highest BCUT2D eigenvalue weighted by molar-refractivity contribution is 7.81. The van der Waals surface area contributed by atoms with Crippen molar-refractivity contribution in [1.29, 1.82) is 0 Å². The molecule has 0 aromatic heterocycles. The van der Waals surface area contributed by atoms with Crippen molar-refractivity contribution in [2.75, 3.05) is 47.3 Å². The molecule has 0 radical (unpaired) electrons. The number of ether oxygens (including phenoxy) is 5. The summed E-state index contributed by atoms with van der Waals surface area (Å²) >= 11 is 0. The van der Waals surface area contributed by atoms with Gasteiger partial charge in [0, 0.05) is 27.1 Å². The van der Waals surface area contributed by atoms with Crippen LogP contribution in [-0.4, -0.2) is 158 Å². The van der Waals surface area contributed by atoms with Crippen LogP contribution in [0.25, 0.3) is 0 Å². The molecule has 0 bridgehead atoms. The summed E-state index contributed by atoms with van der Waals surface area (Å²) in [5.41, 5.74) is -9.80. The SMILES string of the molecule is COC[C@@H]1OC(C)(CO)[C@H](OS(=O)(=O)O)[C@@H](COC[C@]2(C)OC(C)(C(=O)O)[C@](COC)(OS(=O)(=O)O)[C@@H](O)C2O)C1NC(C)=O. The maximum absolute atomic E-state index is 12.5. The Bertz CT molecular complexity index is 1280. The second kappa shape index (κ2) is 14.2. The number of nitrogens with one attached hydrogen (secondary N) is 1. The Labute approximate surface area is 259 Å². The number of carboxylic acids is 1. The summed E-state index contributed by atoms with van der Waals surface area (Å²) in [5.74, 6) is -3.78. The first-order chi connectivity index (χ1) is 20.5. The first kappa shape index (κ1) is 39.5. The molecule has 2 fully saturated rings. The summed E-state index contributed by atoms with van der Waals surface area (Å²) in [7, 11) is -8.38. The van der Waals surface area contributed by atoms with Crippen molar-refractivity contribution in [1.82, 2.24) is 5.32 Å². The van der Waals surface area contributed by atoms with Gasteiger partial charge in [0.1, 0.15) is 35.6 Å². The third kappa shape index (κ3) is 8.45. The highest BCUT2D eigenvalue weighted by atomic mass is 32.3. The Kier molecular flexibility index (Phi) is 12.5. The van der Waals surface area contributed by atoms with Crippen LogP contribution in [0.3, 0.4) is 0 Å². The minimum atomic E-state index is -5.48. The van der Waals surface area contributed by atoms with Crippen molar-refractivity contribution in [3.8, 4) is 0 Å². The van der Waals surface area contributed by atoms with Crippen molar-refractivity contribution < 1.29 is 88.0 Å². The minimum Gasteiger partial charge on any atom is -0.479 e. The number of rotatable bonds is 15. The number of carbonyl (C=O) groups excluding carboxylic acids is 1. The van der Waals surface area contributed by atoms with Crippen LogP contribution < -0.4 is 5.32 Å². The van der Waals surface area contributed by atoms with E-state index < -0.39 is 118 Å². The molecule has 2 saturated heterocycles. The monoisotopic (exact) mass is 699 g/mol. The molecule has 2 rings (SSSR count). The molecule has 45 heavy (non-hydrogen) atoms. The Balaban J connectivity index is 2.54. The lowest BCUT2D eigenvalue weighted by Gasteiger charge is -2.57. The zero-order valence-corrected chi connectivity index (χ0v) is 26.9. The smallest absolute Gasteiger partial charge is 0.398 e. The third-order valence-electron chi connectivity index (χ3n) is 7.88. The van der Waals surface area contributed by atoms with E-state index in [1.807, 2.05) is 0 Å². The topological polar surface area (TPSA) is 300 Å². The van der Waals surface area contributed by atoms with Crippen LogP contribution in [-0.2, 0) is 62.4 Å². The number of carbonyl (C=O) groups is 2. The van der Waals surface area contributed by atoms with Gasteiger partial charge in [-0.2, -0.15) is 16.8 Å². The first-order valence-corrected chi connectivity index (χ1v) is 15.9. The second-order valence-electron chi connectivity index (χ2n) is 11.4. The third-order valence-corrected chi connectivity index (χ3v) is 8.84. The molecule has 7 N–H and O–H groups in total. The molecule has 2 aliphatic rings. The summed E-state index contributed by atoms with van der Waals surface area (Å²) in [6.07, 6.45) is -7.36. The summed E-state index contributed by atoms with van der Waals surface area (Å²) in [5, 5.41) is 45.0. The molecule has 1 amide bonds. The maximum atomic E-state index is 12.5. The van der Waals surface area contributed by atoms with Gasteiger partial charge in [0.15, 0.2) is 11.2 Å². The van der Waals surface area contributed by atoms with E-state index >= 15 is 0 Å². The number of aliphatic carboxylic acids is 1. The Morgan fingerprint density at radius 3 is 1.96 bits per heavy atom. The van der Waals surface area contributed by atoms with E-state index in [1.165, 1.54) is 14.0 Å². The van der Waals surface area contributed by atoms with Crippen molar-refractivity contribution in [2.45, 2.75) is 80.6 Å². The van der Waals surface area contributed by atoms with Crippen molar-refractivity contribution >= 4 is 32.7 Å². The van der Waals surface area contributed by atoms with Gasteiger partial charge in [0.05, 0.1) is 39.1 Å². The molecule has 264 valence electrons. The van der Waals surface area contributed by atoms with Crippen LogP contribution in [0, 0.1) is 5.92 Å². The van der Waals surface area contributed by atoms with E-state index in [9.17, 15) is 56.0 Å². The van der Waals surface area contributed by atoms with Gasteiger partial charge in [-0.15, -0.1) is 0 Å². The molecule has 2 aliphatic heterocycles. The number of amides is 1. The van der Waals surface area contributed by atoms with Gasteiger partial charge in [-0.1, -0.05) is 0 Å². The number of methoxy groups -OCH3 is 2. The summed E-state index contributed by atoms with van der Waals surface area (Å²) < 4.78 is 103. The minimum absolute atomic E-state index is 0.187. The van der Waals surface area contributed by atoms with E-state index in [0.29, 0.717) is 0 Å². The molecule has 22 heteroatoms. The largest absolute Gasteiger partial charge is 0.479 e. The van der Waals surface area contributed by atoms with Crippen LogP contribution >= 0.6 is 0 Å². The predicted octanol–water partition coefficient (Wildman–Crippen LogP) is -3.33. The van der Waals surface area contributed by atoms with Gasteiger partial charge in [-0.3, -0.25) is 13.9 Å². The number of hydrogen-bond acceptors (Lipinski definition) is 16. The maximum Gasteiger partial charge on any atom is 0.398 e. The molecule has 4 unspecified atom stereocenters. The Hall–Kier alpha value is -1.64. The fraction of sp³-hybridized carbons (Fsp3) is 0.913. The molecule has 0 aliphatic carbocycles. The molecule has 0 aromatic carbocycles. The van der Waals surface area contributed by atoms with Gasteiger partial charge in [0.25, 0.3) is 0 Å². The van der Waals surface area contributed by atoms with Crippen LogP contribution in [0.2, 0.25) is 0 Å². The lowest BCUT2D eigenvalue weighted by atomic mass is 9.71. The normalized spacial score (nSPS) is 39.4. The molecule has 2 heterocycles. The highest BCUT2D eigenvalue weighted by Gasteiger charge is 2.71. The standard InChI is InChI=1S/C23H41NO19S2/c1-12(26)24-15-13(18(41-44(31,32)33)20(2,9-25)40-14(15)8-37-5)7-39-10-21(3)16(27)17(28)23(11-38-6,43-45(34,35)36)22(4,42-21)19(29)30/h13-18,25,27-28H,7-11H2,1-6H3,(H,24,26)(H,29,30)(H,31,32,33)(H,34,35,36)/t13-,14-,15?,16?,17-,18+,20?,21-,22?,23+/m0/s1. The Morgan fingerprint density at radius 1 is 0.911 bits per heavy atom. The molecule has 10 atom stereocenters. The van der Waals surface area contributed by atoms with Crippen LogP contribution in [0.5, 0.6) is 0 Å². The zero-order chi connectivity index (χ0) is 34.8. The lowest BCUT2D eigenvalue weighted by Crippen LogP contribution is -2.80. The number of hydrogen-bond donors (Lipinski definition) is 7. The summed E-state index contributed by atoms with van der Waals surface area (Å²) in [6.45, 7) is 0.842. The number of aliphatic hydroxyl groups excluding tert-OH is 3. The zero-order valence-electron chi connectivity index (χ0n) is 25.3. The fourth-order valence-corrected chi connectivity index (χ4v) is 7.05. The second-order valence-corrected chi connectivity index (χ2v) is 13.5. The van der Waals surface area contributed by atoms with Crippen molar-refractivity contribution in [3.63, 3.8) is 0 Å². The lowest BCUT2D eigenvalue weighted by molar-refractivity contribution is -0.340. The highest BCUT2D eigenvalue weighted by Crippen LogP contribution is 2.47. The van der Waals surface area contributed by atoms with Crippen LogP contribution in [0.1, 0.15) is 27.7 Å². The van der Waals surface area contributed by atoms with Crippen LogP contribution in [0.15, 0.2) is 0 Å².